The van der Waals surface area contributed by atoms with E-state index >= 15 is 0 Å². The lowest BCUT2D eigenvalue weighted by molar-refractivity contribution is -0.124. The summed E-state index contributed by atoms with van der Waals surface area (Å²) in [6, 6.07) is 0.779. The SMILES string of the molecule is NC(=O)C1(NC2CC2)CCC(n2cc(I)cn2)C1. The van der Waals surface area contributed by atoms with Crippen molar-refractivity contribution in [1.82, 2.24) is 15.1 Å². The van der Waals surface area contributed by atoms with Crippen LogP contribution in [0.15, 0.2) is 12.4 Å². The number of rotatable bonds is 4. The highest BCUT2D eigenvalue weighted by atomic mass is 127. The van der Waals surface area contributed by atoms with Crippen LogP contribution in [0.3, 0.4) is 0 Å². The highest BCUT2D eigenvalue weighted by Crippen LogP contribution is 2.39. The molecule has 3 N–H and O–H groups in total. The third kappa shape index (κ3) is 2.27. The van der Waals surface area contributed by atoms with Gasteiger partial charge in [0.25, 0.3) is 0 Å². The first kappa shape index (κ1) is 12.4. The minimum atomic E-state index is -0.511. The molecule has 0 aromatic carbocycles. The number of nitrogens with one attached hydrogen (secondary N) is 1. The Labute approximate surface area is 120 Å². The van der Waals surface area contributed by atoms with Crippen LogP contribution < -0.4 is 11.1 Å². The van der Waals surface area contributed by atoms with Gasteiger partial charge in [0.1, 0.15) is 0 Å². The molecule has 0 spiro atoms. The molecule has 1 aromatic heterocycles. The highest BCUT2D eigenvalue weighted by Gasteiger charge is 2.47. The van der Waals surface area contributed by atoms with Crippen molar-refractivity contribution in [3.8, 4) is 0 Å². The Morgan fingerprint density at radius 3 is 2.89 bits per heavy atom. The Balaban J connectivity index is 1.76. The molecule has 2 aliphatic rings. The molecule has 1 amide bonds. The van der Waals surface area contributed by atoms with E-state index in [9.17, 15) is 4.79 Å². The molecule has 18 heavy (non-hydrogen) atoms. The maximum atomic E-state index is 11.8. The summed E-state index contributed by atoms with van der Waals surface area (Å²) in [5, 5.41) is 7.80. The minimum absolute atomic E-state index is 0.209. The van der Waals surface area contributed by atoms with Crippen molar-refractivity contribution in [2.45, 2.75) is 49.7 Å². The number of halogens is 1. The summed E-state index contributed by atoms with van der Waals surface area (Å²) in [5.41, 5.74) is 5.11. The topological polar surface area (TPSA) is 72.9 Å². The van der Waals surface area contributed by atoms with Gasteiger partial charge in [0, 0.05) is 12.2 Å². The van der Waals surface area contributed by atoms with Crippen LogP contribution in [0.5, 0.6) is 0 Å². The number of hydrogen-bond acceptors (Lipinski definition) is 3. The first-order chi connectivity index (χ1) is 8.59. The van der Waals surface area contributed by atoms with E-state index in [1.165, 1.54) is 12.8 Å². The summed E-state index contributed by atoms with van der Waals surface area (Å²) in [6.45, 7) is 0. The van der Waals surface area contributed by atoms with E-state index in [1.54, 1.807) is 0 Å². The molecule has 6 heteroatoms. The third-order valence-electron chi connectivity index (χ3n) is 3.96. The van der Waals surface area contributed by atoms with Crippen molar-refractivity contribution in [3.63, 3.8) is 0 Å². The zero-order chi connectivity index (χ0) is 12.8. The average Bonchev–Trinajstić information content (AvgIpc) is 2.85. The largest absolute Gasteiger partial charge is 0.368 e. The fourth-order valence-corrected chi connectivity index (χ4v) is 3.21. The number of hydrogen-bond donors (Lipinski definition) is 2. The van der Waals surface area contributed by atoms with Gasteiger partial charge < -0.3 is 11.1 Å². The molecular formula is C12H17IN4O. The smallest absolute Gasteiger partial charge is 0.237 e. The lowest BCUT2D eigenvalue weighted by Gasteiger charge is -2.27. The predicted molar refractivity (Wildman–Crippen MR) is 75.9 cm³/mol. The minimum Gasteiger partial charge on any atom is -0.368 e. The Morgan fingerprint density at radius 2 is 2.33 bits per heavy atom. The Morgan fingerprint density at radius 1 is 1.56 bits per heavy atom. The van der Waals surface area contributed by atoms with Crippen LogP contribution in [-0.2, 0) is 4.79 Å². The Hall–Kier alpha value is -0.630. The average molecular weight is 360 g/mol. The number of carbonyl (C=O) groups excluding carboxylic acids is 1. The molecule has 3 rings (SSSR count). The maximum absolute atomic E-state index is 11.8. The van der Waals surface area contributed by atoms with Crippen LogP contribution in [0.4, 0.5) is 0 Å². The number of aromatic nitrogens is 2. The van der Waals surface area contributed by atoms with E-state index in [0.29, 0.717) is 6.04 Å². The van der Waals surface area contributed by atoms with Gasteiger partial charge in [-0.15, -0.1) is 0 Å². The second-order valence-electron chi connectivity index (χ2n) is 5.40. The van der Waals surface area contributed by atoms with Gasteiger partial charge >= 0.3 is 0 Å². The Bertz CT molecular complexity index is 470. The van der Waals surface area contributed by atoms with Crippen molar-refractivity contribution in [3.05, 3.63) is 16.0 Å². The van der Waals surface area contributed by atoms with Crippen LogP contribution in [0, 0.1) is 3.57 Å². The van der Waals surface area contributed by atoms with Gasteiger partial charge in [-0.05, 0) is 54.7 Å². The summed E-state index contributed by atoms with van der Waals surface area (Å²) < 4.78 is 3.10. The van der Waals surface area contributed by atoms with E-state index < -0.39 is 5.54 Å². The zero-order valence-corrected chi connectivity index (χ0v) is 12.3. The first-order valence-corrected chi connectivity index (χ1v) is 7.44. The summed E-state index contributed by atoms with van der Waals surface area (Å²) in [4.78, 5) is 11.8. The van der Waals surface area contributed by atoms with Gasteiger partial charge in [0.15, 0.2) is 0 Å². The molecule has 2 unspecified atom stereocenters. The standard InChI is InChI=1S/C12H17IN4O/c13-8-6-15-17(7-8)10-3-4-12(5-10,11(14)18)16-9-1-2-9/h6-7,9-10,16H,1-5H2,(H2,14,18). The van der Waals surface area contributed by atoms with Gasteiger partial charge in [-0.1, -0.05) is 0 Å². The van der Waals surface area contributed by atoms with Crippen LogP contribution in [0.25, 0.3) is 0 Å². The molecular weight excluding hydrogens is 343 g/mol. The lowest BCUT2D eigenvalue weighted by atomic mass is 9.96. The van der Waals surface area contributed by atoms with Crippen molar-refractivity contribution in [1.29, 1.82) is 0 Å². The molecule has 1 aromatic rings. The van der Waals surface area contributed by atoms with Gasteiger partial charge in [-0.25, -0.2) is 0 Å². The van der Waals surface area contributed by atoms with Gasteiger partial charge in [-0.2, -0.15) is 5.10 Å². The summed E-state index contributed by atoms with van der Waals surface area (Å²) >= 11 is 2.25. The molecule has 0 bridgehead atoms. The molecule has 2 atom stereocenters. The van der Waals surface area contributed by atoms with Crippen LogP contribution >= 0.6 is 22.6 Å². The van der Waals surface area contributed by atoms with Crippen LogP contribution in [0.1, 0.15) is 38.1 Å². The fraction of sp³-hybridized carbons (Fsp3) is 0.667. The molecule has 2 aliphatic carbocycles. The van der Waals surface area contributed by atoms with Gasteiger partial charge in [0.05, 0.1) is 21.3 Å². The van der Waals surface area contributed by atoms with E-state index in [0.717, 1.165) is 22.8 Å². The number of amides is 1. The summed E-state index contributed by atoms with van der Waals surface area (Å²) in [7, 11) is 0. The molecule has 2 fully saturated rings. The van der Waals surface area contributed by atoms with Crippen molar-refractivity contribution in [2.24, 2.45) is 5.73 Å². The zero-order valence-electron chi connectivity index (χ0n) is 10.1. The summed E-state index contributed by atoms with van der Waals surface area (Å²) in [6.07, 6.45) is 8.74. The van der Waals surface area contributed by atoms with Crippen molar-refractivity contribution >= 4 is 28.5 Å². The quantitative estimate of drug-likeness (QED) is 0.793. The molecule has 1 heterocycles. The second-order valence-corrected chi connectivity index (χ2v) is 6.65. The molecule has 5 nitrogen and oxygen atoms in total. The van der Waals surface area contributed by atoms with Gasteiger partial charge in [0.2, 0.25) is 5.91 Å². The number of carbonyl (C=O) groups is 1. The summed E-state index contributed by atoms with van der Waals surface area (Å²) in [5.74, 6) is -0.209. The van der Waals surface area contributed by atoms with E-state index in [1.807, 2.05) is 17.1 Å². The predicted octanol–water partition coefficient (Wildman–Crippen LogP) is 1.19. The van der Waals surface area contributed by atoms with Crippen molar-refractivity contribution in [2.75, 3.05) is 0 Å². The van der Waals surface area contributed by atoms with E-state index in [-0.39, 0.29) is 11.9 Å². The molecule has 0 saturated heterocycles. The molecule has 2 saturated carbocycles. The van der Waals surface area contributed by atoms with E-state index in [4.69, 9.17) is 5.73 Å². The third-order valence-corrected chi connectivity index (χ3v) is 4.52. The first-order valence-electron chi connectivity index (χ1n) is 6.36. The van der Waals surface area contributed by atoms with Gasteiger partial charge in [-0.3, -0.25) is 9.48 Å². The second kappa shape index (κ2) is 4.48. The van der Waals surface area contributed by atoms with Crippen molar-refractivity contribution < 1.29 is 4.79 Å². The monoisotopic (exact) mass is 360 g/mol. The van der Waals surface area contributed by atoms with E-state index in [2.05, 4.69) is 33.0 Å². The number of primary amides is 1. The lowest BCUT2D eigenvalue weighted by Crippen LogP contribution is -2.54. The molecule has 0 aliphatic heterocycles. The molecule has 98 valence electrons. The number of nitrogens with zero attached hydrogens (tertiary/aromatic N) is 2. The van der Waals surface area contributed by atoms with Crippen LogP contribution in [-0.4, -0.2) is 27.3 Å². The fourth-order valence-electron chi connectivity index (χ4n) is 2.80. The Kier molecular flexibility index (Phi) is 3.09. The number of nitrogens with two attached hydrogens (primary N) is 1. The molecule has 0 radical (unpaired) electrons. The highest BCUT2D eigenvalue weighted by molar-refractivity contribution is 14.1. The van der Waals surface area contributed by atoms with Crippen LogP contribution in [0.2, 0.25) is 0 Å². The maximum Gasteiger partial charge on any atom is 0.237 e. The normalized spacial score (nSPS) is 31.7.